The number of hydrogen-bond donors (Lipinski definition) is 3. The first-order valence-electron chi connectivity index (χ1n) is 4.54. The summed E-state index contributed by atoms with van der Waals surface area (Å²) in [5.74, 6) is -2.14. The molecule has 0 saturated heterocycles. The number of aromatic hydroxyl groups is 1. The molecule has 0 radical (unpaired) electrons. The number of halogens is 1. The number of carboxylic acids is 1. The van der Waals surface area contributed by atoms with Gasteiger partial charge < -0.3 is 10.2 Å². The van der Waals surface area contributed by atoms with Gasteiger partial charge in [-0.05, 0) is 24.3 Å². The third-order valence-electron chi connectivity index (χ3n) is 2.17. The zero-order valence-electron chi connectivity index (χ0n) is 8.35. The van der Waals surface area contributed by atoms with Gasteiger partial charge in [-0.25, -0.2) is 9.48 Å². The third-order valence-corrected chi connectivity index (χ3v) is 2.43. The maximum Gasteiger partial charge on any atom is 0.347 e. The van der Waals surface area contributed by atoms with Crippen molar-refractivity contribution in [1.82, 2.24) is 9.78 Å². The van der Waals surface area contributed by atoms with E-state index in [1.54, 1.807) is 12.1 Å². The third kappa shape index (κ3) is 1.90. The van der Waals surface area contributed by atoms with Crippen LogP contribution in [0, 0.1) is 0 Å². The monoisotopic (exact) mass is 254 g/mol. The molecule has 0 aliphatic heterocycles. The number of hydrogen-bond acceptors (Lipinski definition) is 3. The number of benzene rings is 1. The van der Waals surface area contributed by atoms with Crippen LogP contribution in [0.2, 0.25) is 5.02 Å². The highest BCUT2D eigenvalue weighted by molar-refractivity contribution is 6.30. The molecule has 1 aromatic carbocycles. The second-order valence-electron chi connectivity index (χ2n) is 3.26. The van der Waals surface area contributed by atoms with Gasteiger partial charge in [0.05, 0.1) is 5.69 Å². The number of carboxylic acid groups (broad SMARTS) is 1. The fourth-order valence-electron chi connectivity index (χ4n) is 1.39. The molecule has 1 aromatic heterocycles. The minimum absolute atomic E-state index is 0.400. The molecule has 88 valence electrons. The molecule has 17 heavy (non-hydrogen) atoms. The number of rotatable bonds is 2. The molecule has 0 aliphatic rings. The Bertz CT molecular complexity index is 627. The zero-order valence-corrected chi connectivity index (χ0v) is 9.10. The maximum absolute atomic E-state index is 11.3. The highest BCUT2D eigenvalue weighted by Crippen LogP contribution is 2.19. The van der Waals surface area contributed by atoms with Gasteiger partial charge in [-0.1, -0.05) is 11.6 Å². The van der Waals surface area contributed by atoms with Gasteiger partial charge in [-0.2, -0.15) is 0 Å². The summed E-state index contributed by atoms with van der Waals surface area (Å²) in [5.41, 5.74) is -1.17. The molecule has 6 nitrogen and oxygen atoms in total. The van der Waals surface area contributed by atoms with Gasteiger partial charge in [0.2, 0.25) is 5.88 Å². The lowest BCUT2D eigenvalue weighted by atomic mass is 10.3. The van der Waals surface area contributed by atoms with Crippen LogP contribution in [0.1, 0.15) is 10.4 Å². The van der Waals surface area contributed by atoms with Gasteiger partial charge in [0.15, 0.2) is 5.56 Å². The minimum atomic E-state index is -1.49. The smallest absolute Gasteiger partial charge is 0.347 e. The predicted molar refractivity (Wildman–Crippen MR) is 60.0 cm³/mol. The van der Waals surface area contributed by atoms with Crippen molar-refractivity contribution < 1.29 is 15.0 Å². The number of H-pyrrole nitrogens is 1. The van der Waals surface area contributed by atoms with Crippen LogP contribution >= 0.6 is 11.6 Å². The van der Waals surface area contributed by atoms with Crippen molar-refractivity contribution >= 4 is 17.6 Å². The van der Waals surface area contributed by atoms with Crippen LogP contribution in [-0.4, -0.2) is 26.0 Å². The Kier molecular flexibility index (Phi) is 2.64. The van der Waals surface area contributed by atoms with E-state index in [2.05, 4.69) is 5.10 Å². The highest BCUT2D eigenvalue weighted by Gasteiger charge is 2.21. The van der Waals surface area contributed by atoms with E-state index in [0.29, 0.717) is 10.7 Å². The van der Waals surface area contributed by atoms with E-state index in [9.17, 15) is 14.7 Å². The molecule has 7 heteroatoms. The molecule has 0 saturated carbocycles. The average molecular weight is 255 g/mol. The van der Waals surface area contributed by atoms with Crippen molar-refractivity contribution in [2.24, 2.45) is 0 Å². The molecule has 0 spiro atoms. The van der Waals surface area contributed by atoms with E-state index in [1.807, 2.05) is 0 Å². The molecule has 0 aliphatic carbocycles. The lowest BCUT2D eigenvalue weighted by Crippen LogP contribution is -2.11. The molecule has 0 unspecified atom stereocenters. The summed E-state index contributed by atoms with van der Waals surface area (Å²) >= 11 is 5.69. The Balaban J connectivity index is 2.61. The van der Waals surface area contributed by atoms with Crippen LogP contribution < -0.4 is 5.56 Å². The Morgan fingerprint density at radius 3 is 2.35 bits per heavy atom. The summed E-state index contributed by atoms with van der Waals surface area (Å²) in [4.78, 5) is 22.0. The van der Waals surface area contributed by atoms with E-state index in [-0.39, 0.29) is 0 Å². The fraction of sp³-hybridized carbons (Fsp3) is 0. The van der Waals surface area contributed by atoms with Gasteiger partial charge in [0.25, 0.3) is 5.56 Å². The number of nitrogens with one attached hydrogen (secondary N) is 1. The standard InChI is InChI=1S/C10H7ClN2O4/c11-5-1-3-6(4-2-5)13-9(15)7(10(16)17)8(14)12-13/h1-4,15H,(H,12,14)(H,16,17). The summed E-state index contributed by atoms with van der Waals surface area (Å²) in [7, 11) is 0. The van der Waals surface area contributed by atoms with Gasteiger partial charge >= 0.3 is 5.97 Å². The van der Waals surface area contributed by atoms with Crippen molar-refractivity contribution in [1.29, 1.82) is 0 Å². The van der Waals surface area contributed by atoms with Gasteiger partial charge in [-0.15, -0.1) is 0 Å². The van der Waals surface area contributed by atoms with Crippen LogP contribution in [0.5, 0.6) is 5.88 Å². The van der Waals surface area contributed by atoms with Crippen molar-refractivity contribution in [3.8, 4) is 11.6 Å². The summed E-state index contributed by atoms with van der Waals surface area (Å²) in [5, 5.41) is 21.1. The molecule has 0 fully saturated rings. The summed E-state index contributed by atoms with van der Waals surface area (Å²) < 4.78 is 0.974. The quantitative estimate of drug-likeness (QED) is 0.751. The topological polar surface area (TPSA) is 95.3 Å². The van der Waals surface area contributed by atoms with E-state index in [0.717, 1.165) is 4.68 Å². The lowest BCUT2D eigenvalue weighted by molar-refractivity contribution is 0.0692. The second kappa shape index (κ2) is 3.99. The number of aromatic carboxylic acids is 1. The Labute approximate surface area is 99.7 Å². The van der Waals surface area contributed by atoms with E-state index in [1.165, 1.54) is 12.1 Å². The van der Waals surface area contributed by atoms with Gasteiger partial charge in [-0.3, -0.25) is 9.89 Å². The molecular weight excluding hydrogens is 248 g/mol. The molecular formula is C10H7ClN2O4. The van der Waals surface area contributed by atoms with Crippen molar-refractivity contribution in [2.75, 3.05) is 0 Å². The van der Waals surface area contributed by atoms with Crippen LogP contribution in [-0.2, 0) is 0 Å². The molecule has 0 bridgehead atoms. The summed E-state index contributed by atoms with van der Waals surface area (Å²) in [6.07, 6.45) is 0. The molecule has 1 heterocycles. The number of aromatic nitrogens is 2. The van der Waals surface area contributed by atoms with Crippen LogP contribution in [0.25, 0.3) is 5.69 Å². The highest BCUT2D eigenvalue weighted by atomic mass is 35.5. The van der Waals surface area contributed by atoms with E-state index in [4.69, 9.17) is 16.7 Å². The molecule has 3 N–H and O–H groups in total. The zero-order chi connectivity index (χ0) is 12.6. The molecule has 2 rings (SSSR count). The molecule has 2 aromatic rings. The Hall–Kier alpha value is -2.21. The summed E-state index contributed by atoms with van der Waals surface area (Å²) in [6, 6.07) is 6.16. The normalized spacial score (nSPS) is 10.4. The van der Waals surface area contributed by atoms with Crippen LogP contribution in [0.4, 0.5) is 0 Å². The van der Waals surface area contributed by atoms with E-state index >= 15 is 0 Å². The number of aromatic amines is 1. The predicted octanol–water partition coefficient (Wildman–Crippen LogP) is 1.22. The first-order valence-corrected chi connectivity index (χ1v) is 4.91. The first kappa shape index (κ1) is 11.3. The van der Waals surface area contributed by atoms with Crippen molar-refractivity contribution in [3.05, 3.63) is 45.2 Å². The van der Waals surface area contributed by atoms with Crippen molar-refractivity contribution in [2.45, 2.75) is 0 Å². The molecule has 0 amide bonds. The Morgan fingerprint density at radius 2 is 1.88 bits per heavy atom. The van der Waals surface area contributed by atoms with Gasteiger partial charge in [0, 0.05) is 5.02 Å². The summed E-state index contributed by atoms with van der Waals surface area (Å²) in [6.45, 7) is 0. The minimum Gasteiger partial charge on any atom is -0.493 e. The van der Waals surface area contributed by atoms with Gasteiger partial charge in [0.1, 0.15) is 0 Å². The maximum atomic E-state index is 11.3. The largest absolute Gasteiger partial charge is 0.493 e. The number of nitrogens with zero attached hydrogens (tertiary/aromatic N) is 1. The lowest BCUT2D eigenvalue weighted by Gasteiger charge is -2.03. The Morgan fingerprint density at radius 1 is 1.29 bits per heavy atom. The fourth-order valence-corrected chi connectivity index (χ4v) is 1.52. The van der Waals surface area contributed by atoms with Crippen LogP contribution in [0.15, 0.2) is 29.1 Å². The molecule has 0 atom stereocenters. The first-order chi connectivity index (χ1) is 8.00. The van der Waals surface area contributed by atoms with Crippen LogP contribution in [0.3, 0.4) is 0 Å². The second-order valence-corrected chi connectivity index (χ2v) is 3.69. The average Bonchev–Trinajstić information content (AvgIpc) is 2.55. The number of carbonyl (C=O) groups is 1. The van der Waals surface area contributed by atoms with Crippen molar-refractivity contribution in [3.63, 3.8) is 0 Å². The SMILES string of the molecule is O=C(O)c1c(O)n(-c2ccc(Cl)cc2)[nH]c1=O. The van der Waals surface area contributed by atoms with E-state index < -0.39 is 23.0 Å².